The molecule has 22 heavy (non-hydrogen) atoms. The van der Waals surface area contributed by atoms with Gasteiger partial charge in [0, 0.05) is 12.3 Å². The fraction of sp³-hybridized carbons (Fsp3) is 0.500. The molecule has 0 aliphatic carbocycles. The van der Waals surface area contributed by atoms with Crippen LogP contribution in [0.2, 0.25) is 0 Å². The van der Waals surface area contributed by atoms with Gasteiger partial charge in [-0.15, -0.1) is 0 Å². The zero-order valence-corrected chi connectivity index (χ0v) is 14.0. The van der Waals surface area contributed by atoms with Crippen LogP contribution < -0.4 is 5.32 Å². The minimum atomic E-state index is -1.23. The summed E-state index contributed by atoms with van der Waals surface area (Å²) in [5, 5.41) is 11.8. The first-order chi connectivity index (χ1) is 10.4. The van der Waals surface area contributed by atoms with Gasteiger partial charge in [0.25, 0.3) is 5.91 Å². The van der Waals surface area contributed by atoms with Crippen molar-refractivity contribution in [1.29, 1.82) is 0 Å². The van der Waals surface area contributed by atoms with E-state index in [9.17, 15) is 18.9 Å². The summed E-state index contributed by atoms with van der Waals surface area (Å²) in [5.74, 6) is -1.26. The van der Waals surface area contributed by atoms with Gasteiger partial charge in [0.15, 0.2) is 0 Å². The van der Waals surface area contributed by atoms with Gasteiger partial charge in [0.2, 0.25) is 0 Å². The molecule has 1 rings (SSSR count). The monoisotopic (exact) mass is 325 g/mol. The van der Waals surface area contributed by atoms with Crippen molar-refractivity contribution in [2.45, 2.75) is 32.1 Å². The normalized spacial score (nSPS) is 13.6. The number of amides is 1. The highest BCUT2D eigenvalue weighted by molar-refractivity contribution is 7.85. The van der Waals surface area contributed by atoms with Gasteiger partial charge in [-0.25, -0.2) is 0 Å². The van der Waals surface area contributed by atoms with Crippen LogP contribution in [0.25, 0.3) is 0 Å². The third-order valence-electron chi connectivity index (χ3n) is 3.25. The Bertz CT molecular complexity index is 557. The molecule has 0 aliphatic rings. The maximum Gasteiger partial charge on any atom is 0.308 e. The van der Waals surface area contributed by atoms with E-state index in [0.29, 0.717) is 22.6 Å². The fourth-order valence-electron chi connectivity index (χ4n) is 2.16. The van der Waals surface area contributed by atoms with Gasteiger partial charge in [-0.1, -0.05) is 32.9 Å². The van der Waals surface area contributed by atoms with Crippen molar-refractivity contribution in [3.8, 4) is 0 Å². The number of rotatable bonds is 8. The molecule has 0 aliphatic heterocycles. The van der Waals surface area contributed by atoms with Gasteiger partial charge < -0.3 is 10.4 Å². The number of carbonyl (C=O) groups is 2. The molecule has 0 spiro atoms. The second kappa shape index (κ2) is 8.68. The maximum atomic E-state index is 12.3. The number of hydrogen-bond donors (Lipinski definition) is 2. The summed E-state index contributed by atoms with van der Waals surface area (Å²) in [7, 11) is -1.23. The van der Waals surface area contributed by atoms with Gasteiger partial charge >= 0.3 is 5.97 Å². The molecule has 0 fully saturated rings. The Balaban J connectivity index is 2.81. The summed E-state index contributed by atoms with van der Waals surface area (Å²) in [6, 6.07) is 6.71. The number of carbonyl (C=O) groups excluding carboxylic acids is 1. The first kappa shape index (κ1) is 18.4. The zero-order chi connectivity index (χ0) is 16.7. The highest BCUT2D eigenvalue weighted by Gasteiger charge is 2.21. The number of carboxylic acid groups (broad SMARTS) is 1. The van der Waals surface area contributed by atoms with E-state index in [1.54, 1.807) is 31.2 Å². The quantitative estimate of drug-likeness (QED) is 0.768. The Kier molecular flexibility index (Phi) is 7.24. The Morgan fingerprint density at radius 3 is 2.45 bits per heavy atom. The summed E-state index contributed by atoms with van der Waals surface area (Å²) >= 11 is 0. The third-order valence-corrected chi connectivity index (χ3v) is 4.62. The largest absolute Gasteiger partial charge is 0.481 e. The standard InChI is InChI=1S/C16H23NO4S/c1-4-22(21)14-8-6-5-7-13(14)15(18)17-10-12(16(19)20)9-11(2)3/h5-8,11-12H,4,9-10H2,1-3H3,(H,17,18)(H,19,20). The molecule has 0 saturated carbocycles. The lowest BCUT2D eigenvalue weighted by Crippen LogP contribution is -2.34. The maximum absolute atomic E-state index is 12.3. The predicted molar refractivity (Wildman–Crippen MR) is 86.3 cm³/mol. The predicted octanol–water partition coefficient (Wildman–Crippen LogP) is 2.29. The summed E-state index contributed by atoms with van der Waals surface area (Å²) in [6.07, 6.45) is 0.498. The Morgan fingerprint density at radius 2 is 1.91 bits per heavy atom. The molecule has 1 aromatic rings. The summed E-state index contributed by atoms with van der Waals surface area (Å²) < 4.78 is 12.0. The molecule has 0 heterocycles. The van der Waals surface area contributed by atoms with Crippen LogP contribution in [0.15, 0.2) is 29.2 Å². The molecule has 2 unspecified atom stereocenters. The third kappa shape index (κ3) is 5.26. The van der Waals surface area contributed by atoms with Gasteiger partial charge in [-0.05, 0) is 24.5 Å². The van der Waals surface area contributed by atoms with Crippen molar-refractivity contribution in [2.24, 2.45) is 11.8 Å². The molecule has 1 aromatic carbocycles. The highest BCUT2D eigenvalue weighted by Crippen LogP contribution is 2.15. The van der Waals surface area contributed by atoms with Gasteiger partial charge in [-0.2, -0.15) is 0 Å². The number of nitrogens with one attached hydrogen (secondary N) is 1. The molecule has 2 N–H and O–H groups in total. The van der Waals surface area contributed by atoms with Crippen molar-refractivity contribution in [1.82, 2.24) is 5.32 Å². The smallest absolute Gasteiger partial charge is 0.308 e. The van der Waals surface area contributed by atoms with Crippen LogP contribution in [-0.4, -0.2) is 33.5 Å². The van der Waals surface area contributed by atoms with Crippen molar-refractivity contribution in [2.75, 3.05) is 12.3 Å². The van der Waals surface area contributed by atoms with E-state index in [0.717, 1.165) is 0 Å². The molecular formula is C16H23NO4S. The molecule has 0 saturated heterocycles. The Hall–Kier alpha value is -1.69. The average molecular weight is 325 g/mol. The van der Waals surface area contributed by atoms with E-state index < -0.39 is 22.7 Å². The molecule has 0 bridgehead atoms. The van der Waals surface area contributed by atoms with E-state index in [-0.39, 0.29) is 18.4 Å². The first-order valence-corrected chi connectivity index (χ1v) is 8.67. The van der Waals surface area contributed by atoms with Crippen LogP contribution in [0.3, 0.4) is 0 Å². The lowest BCUT2D eigenvalue weighted by atomic mass is 9.97. The molecule has 5 nitrogen and oxygen atoms in total. The Morgan fingerprint density at radius 1 is 1.27 bits per heavy atom. The highest BCUT2D eigenvalue weighted by atomic mass is 32.2. The van der Waals surface area contributed by atoms with E-state index in [4.69, 9.17) is 0 Å². The van der Waals surface area contributed by atoms with Crippen LogP contribution in [0, 0.1) is 11.8 Å². The zero-order valence-electron chi connectivity index (χ0n) is 13.2. The van der Waals surface area contributed by atoms with Crippen LogP contribution in [-0.2, 0) is 15.6 Å². The molecule has 0 radical (unpaired) electrons. The number of benzene rings is 1. The number of hydrogen-bond acceptors (Lipinski definition) is 3. The molecule has 0 aromatic heterocycles. The van der Waals surface area contributed by atoms with E-state index >= 15 is 0 Å². The van der Waals surface area contributed by atoms with Crippen LogP contribution >= 0.6 is 0 Å². The minimum Gasteiger partial charge on any atom is -0.481 e. The van der Waals surface area contributed by atoms with Crippen LogP contribution in [0.5, 0.6) is 0 Å². The van der Waals surface area contributed by atoms with Crippen LogP contribution in [0.4, 0.5) is 0 Å². The Labute approximate surface area is 133 Å². The fourth-order valence-corrected chi connectivity index (χ4v) is 3.11. The summed E-state index contributed by atoms with van der Waals surface area (Å²) in [6.45, 7) is 5.74. The minimum absolute atomic E-state index is 0.0689. The second-order valence-electron chi connectivity index (χ2n) is 5.51. The molecule has 122 valence electrons. The molecule has 6 heteroatoms. The lowest BCUT2D eigenvalue weighted by molar-refractivity contribution is -0.142. The van der Waals surface area contributed by atoms with E-state index in [1.807, 2.05) is 13.8 Å². The first-order valence-electron chi connectivity index (χ1n) is 7.35. The lowest BCUT2D eigenvalue weighted by Gasteiger charge is -2.16. The average Bonchev–Trinajstić information content (AvgIpc) is 2.49. The van der Waals surface area contributed by atoms with Gasteiger partial charge in [0.05, 0.1) is 27.2 Å². The van der Waals surface area contributed by atoms with E-state index in [2.05, 4.69) is 5.32 Å². The number of carboxylic acids is 1. The van der Waals surface area contributed by atoms with Crippen molar-refractivity contribution < 1.29 is 18.9 Å². The van der Waals surface area contributed by atoms with Crippen LogP contribution in [0.1, 0.15) is 37.6 Å². The molecule has 2 atom stereocenters. The van der Waals surface area contributed by atoms with Crippen molar-refractivity contribution in [3.63, 3.8) is 0 Å². The molecule has 1 amide bonds. The SMILES string of the molecule is CCS(=O)c1ccccc1C(=O)NCC(CC(C)C)C(=O)O. The second-order valence-corrected chi connectivity index (χ2v) is 7.21. The van der Waals surface area contributed by atoms with Crippen molar-refractivity contribution in [3.05, 3.63) is 29.8 Å². The van der Waals surface area contributed by atoms with Crippen molar-refractivity contribution >= 4 is 22.7 Å². The van der Waals surface area contributed by atoms with Gasteiger partial charge in [0.1, 0.15) is 0 Å². The summed E-state index contributed by atoms with van der Waals surface area (Å²) in [4.78, 5) is 24.0. The molecular weight excluding hydrogens is 302 g/mol. The van der Waals surface area contributed by atoms with Gasteiger partial charge in [-0.3, -0.25) is 13.8 Å². The summed E-state index contributed by atoms with van der Waals surface area (Å²) in [5.41, 5.74) is 0.344. The number of aliphatic carboxylic acids is 1. The van der Waals surface area contributed by atoms with E-state index in [1.165, 1.54) is 0 Å². The topological polar surface area (TPSA) is 83.5 Å².